The summed E-state index contributed by atoms with van der Waals surface area (Å²) in [6.07, 6.45) is 12.8. The van der Waals surface area contributed by atoms with Gasteiger partial charge in [0.2, 0.25) is 0 Å². The number of hydrogen-bond acceptors (Lipinski definition) is 2. The smallest absolute Gasteiger partial charge is 0.109 e. The first-order valence-electron chi connectivity index (χ1n) is 7.47. The Hall–Kier alpha value is -0.830. The Morgan fingerprint density at radius 2 is 2.06 bits per heavy atom. The van der Waals surface area contributed by atoms with E-state index in [4.69, 9.17) is 0 Å². The van der Waals surface area contributed by atoms with Gasteiger partial charge in [-0.25, -0.2) is 4.98 Å². The van der Waals surface area contributed by atoms with Crippen molar-refractivity contribution in [2.45, 2.75) is 64.8 Å². The van der Waals surface area contributed by atoms with Crippen molar-refractivity contribution < 1.29 is 0 Å². The van der Waals surface area contributed by atoms with Crippen LogP contribution < -0.4 is 5.32 Å². The highest BCUT2D eigenvalue weighted by atomic mass is 15.0. The molecule has 0 saturated carbocycles. The van der Waals surface area contributed by atoms with Gasteiger partial charge in [-0.3, -0.25) is 0 Å². The van der Waals surface area contributed by atoms with Crippen molar-refractivity contribution in [3.8, 4) is 0 Å². The van der Waals surface area contributed by atoms with E-state index in [9.17, 15) is 0 Å². The van der Waals surface area contributed by atoms with Crippen molar-refractivity contribution in [3.05, 3.63) is 18.2 Å². The molecule has 18 heavy (non-hydrogen) atoms. The van der Waals surface area contributed by atoms with E-state index in [2.05, 4.69) is 35.8 Å². The van der Waals surface area contributed by atoms with Crippen molar-refractivity contribution in [2.75, 3.05) is 6.54 Å². The Bertz CT molecular complexity index is 306. The summed E-state index contributed by atoms with van der Waals surface area (Å²) in [6.45, 7) is 5.60. The van der Waals surface area contributed by atoms with E-state index >= 15 is 0 Å². The summed E-state index contributed by atoms with van der Waals surface area (Å²) >= 11 is 0. The fraction of sp³-hybridized carbons (Fsp3) is 0.800. The second-order valence-corrected chi connectivity index (χ2v) is 5.16. The first kappa shape index (κ1) is 15.2. The van der Waals surface area contributed by atoms with Crippen LogP contribution in [0.15, 0.2) is 12.4 Å². The summed E-state index contributed by atoms with van der Waals surface area (Å²) in [7, 11) is 2.08. The predicted molar refractivity (Wildman–Crippen MR) is 77.8 cm³/mol. The molecule has 0 bridgehead atoms. The maximum atomic E-state index is 4.43. The molecule has 1 atom stereocenters. The van der Waals surface area contributed by atoms with Gasteiger partial charge in [0, 0.05) is 31.9 Å². The first-order valence-corrected chi connectivity index (χ1v) is 7.47. The lowest BCUT2D eigenvalue weighted by molar-refractivity contribution is 0.443. The standard InChI is InChI=1S/C15H29N3/c1-4-6-7-8-9-14(16-10-5-2)13-15-17-11-12-18(15)3/h11-12,14,16H,4-10,13H2,1-3H3. The zero-order valence-corrected chi connectivity index (χ0v) is 12.3. The van der Waals surface area contributed by atoms with Crippen molar-refractivity contribution in [1.29, 1.82) is 0 Å². The number of imidazole rings is 1. The number of aromatic nitrogens is 2. The number of nitrogens with one attached hydrogen (secondary N) is 1. The largest absolute Gasteiger partial charge is 0.338 e. The molecule has 1 aromatic heterocycles. The van der Waals surface area contributed by atoms with Crippen LogP contribution >= 0.6 is 0 Å². The number of rotatable bonds is 10. The average Bonchev–Trinajstić information content (AvgIpc) is 2.77. The third-order valence-corrected chi connectivity index (χ3v) is 3.44. The van der Waals surface area contributed by atoms with Crippen LogP contribution in [0.5, 0.6) is 0 Å². The highest BCUT2D eigenvalue weighted by molar-refractivity contribution is 4.94. The van der Waals surface area contributed by atoms with Crippen LogP contribution in [0, 0.1) is 0 Å². The van der Waals surface area contributed by atoms with Crippen LogP contribution in [0.3, 0.4) is 0 Å². The highest BCUT2D eigenvalue weighted by Crippen LogP contribution is 2.09. The molecule has 0 radical (unpaired) electrons. The van der Waals surface area contributed by atoms with Gasteiger partial charge in [0.15, 0.2) is 0 Å². The summed E-state index contributed by atoms with van der Waals surface area (Å²) < 4.78 is 2.13. The quantitative estimate of drug-likeness (QED) is 0.647. The van der Waals surface area contributed by atoms with Crippen LogP contribution in [-0.2, 0) is 13.5 Å². The molecule has 0 spiro atoms. The molecule has 0 fully saturated rings. The number of hydrogen-bond donors (Lipinski definition) is 1. The van der Waals surface area contributed by atoms with Gasteiger partial charge in [0.1, 0.15) is 5.82 Å². The normalized spacial score (nSPS) is 12.8. The van der Waals surface area contributed by atoms with Gasteiger partial charge >= 0.3 is 0 Å². The fourth-order valence-electron chi connectivity index (χ4n) is 2.26. The third-order valence-electron chi connectivity index (χ3n) is 3.44. The van der Waals surface area contributed by atoms with E-state index in [1.165, 1.54) is 44.3 Å². The molecule has 1 unspecified atom stereocenters. The molecule has 0 aliphatic carbocycles. The molecule has 3 heteroatoms. The molecule has 1 rings (SSSR count). The average molecular weight is 251 g/mol. The lowest BCUT2D eigenvalue weighted by Crippen LogP contribution is -2.32. The van der Waals surface area contributed by atoms with Gasteiger partial charge in [-0.2, -0.15) is 0 Å². The van der Waals surface area contributed by atoms with Gasteiger partial charge in [-0.1, -0.05) is 39.5 Å². The van der Waals surface area contributed by atoms with E-state index < -0.39 is 0 Å². The van der Waals surface area contributed by atoms with Crippen LogP contribution in [0.2, 0.25) is 0 Å². The van der Waals surface area contributed by atoms with Crippen LogP contribution in [0.1, 0.15) is 58.2 Å². The van der Waals surface area contributed by atoms with E-state index in [1.807, 2.05) is 12.4 Å². The maximum Gasteiger partial charge on any atom is 0.109 e. The van der Waals surface area contributed by atoms with E-state index in [1.54, 1.807) is 0 Å². The zero-order chi connectivity index (χ0) is 13.2. The van der Waals surface area contributed by atoms with Crippen LogP contribution in [0.4, 0.5) is 0 Å². The number of nitrogens with zero attached hydrogens (tertiary/aromatic N) is 2. The molecule has 1 aromatic rings. The van der Waals surface area contributed by atoms with Gasteiger partial charge in [-0.05, 0) is 19.4 Å². The minimum Gasteiger partial charge on any atom is -0.338 e. The second-order valence-electron chi connectivity index (χ2n) is 5.16. The fourth-order valence-corrected chi connectivity index (χ4v) is 2.26. The summed E-state index contributed by atoms with van der Waals surface area (Å²) in [4.78, 5) is 4.43. The monoisotopic (exact) mass is 251 g/mol. The Morgan fingerprint density at radius 3 is 2.67 bits per heavy atom. The molecular weight excluding hydrogens is 222 g/mol. The Morgan fingerprint density at radius 1 is 1.22 bits per heavy atom. The van der Waals surface area contributed by atoms with Gasteiger partial charge in [0.25, 0.3) is 0 Å². The Kier molecular flexibility index (Phi) is 7.74. The molecule has 0 amide bonds. The maximum absolute atomic E-state index is 4.43. The molecular formula is C15H29N3. The van der Waals surface area contributed by atoms with Gasteiger partial charge in [0.05, 0.1) is 0 Å². The molecule has 0 saturated heterocycles. The van der Waals surface area contributed by atoms with Crippen molar-refractivity contribution >= 4 is 0 Å². The Labute approximate surface area is 112 Å². The molecule has 0 aliphatic rings. The van der Waals surface area contributed by atoms with Crippen molar-refractivity contribution in [1.82, 2.24) is 14.9 Å². The summed E-state index contributed by atoms with van der Waals surface area (Å²) in [6, 6.07) is 0.586. The second kappa shape index (κ2) is 9.15. The molecule has 1 N–H and O–H groups in total. The molecule has 0 aromatic carbocycles. The van der Waals surface area contributed by atoms with Crippen molar-refractivity contribution in [2.24, 2.45) is 7.05 Å². The zero-order valence-electron chi connectivity index (χ0n) is 12.3. The minimum absolute atomic E-state index is 0.586. The van der Waals surface area contributed by atoms with E-state index in [0.29, 0.717) is 6.04 Å². The topological polar surface area (TPSA) is 29.9 Å². The van der Waals surface area contributed by atoms with E-state index in [0.717, 1.165) is 13.0 Å². The molecule has 3 nitrogen and oxygen atoms in total. The summed E-state index contributed by atoms with van der Waals surface area (Å²) in [5.41, 5.74) is 0. The lowest BCUT2D eigenvalue weighted by atomic mass is 10.0. The lowest BCUT2D eigenvalue weighted by Gasteiger charge is -2.18. The molecule has 1 heterocycles. The number of unbranched alkanes of at least 4 members (excludes halogenated alkanes) is 3. The summed E-state index contributed by atoms with van der Waals surface area (Å²) in [5.74, 6) is 1.19. The van der Waals surface area contributed by atoms with Crippen LogP contribution in [0.25, 0.3) is 0 Å². The molecule has 104 valence electrons. The predicted octanol–water partition coefficient (Wildman–Crippen LogP) is 3.30. The van der Waals surface area contributed by atoms with Crippen molar-refractivity contribution in [3.63, 3.8) is 0 Å². The summed E-state index contributed by atoms with van der Waals surface area (Å²) in [5, 5.41) is 3.66. The van der Waals surface area contributed by atoms with Gasteiger partial charge in [-0.15, -0.1) is 0 Å². The number of aryl methyl sites for hydroxylation is 1. The van der Waals surface area contributed by atoms with Crippen LogP contribution in [-0.4, -0.2) is 22.1 Å². The minimum atomic E-state index is 0.586. The van der Waals surface area contributed by atoms with E-state index in [-0.39, 0.29) is 0 Å². The highest BCUT2D eigenvalue weighted by Gasteiger charge is 2.11. The van der Waals surface area contributed by atoms with Gasteiger partial charge < -0.3 is 9.88 Å². The third kappa shape index (κ3) is 5.67. The molecule has 0 aliphatic heterocycles. The SMILES string of the molecule is CCCCCCC(Cc1nccn1C)NCCC. The first-order chi connectivity index (χ1) is 8.77. The Balaban J connectivity index is 2.37.